The van der Waals surface area contributed by atoms with E-state index in [0.717, 1.165) is 50.3 Å². The van der Waals surface area contributed by atoms with E-state index in [4.69, 9.17) is 4.42 Å². The Balaban J connectivity index is 1.42. The number of fused-ring (bicyclic) bond motifs is 1. The predicted molar refractivity (Wildman–Crippen MR) is 126 cm³/mol. The molecule has 0 bridgehead atoms. The first-order valence-corrected chi connectivity index (χ1v) is 10.6. The second-order valence-corrected chi connectivity index (χ2v) is 8.06. The number of pyridine rings is 2. The molecule has 0 aliphatic rings. The van der Waals surface area contributed by atoms with E-state index in [9.17, 15) is 4.39 Å². The summed E-state index contributed by atoms with van der Waals surface area (Å²) in [5.41, 5.74) is 6.45. The van der Waals surface area contributed by atoms with Gasteiger partial charge in [-0.3, -0.25) is 4.98 Å². The Hall–Kier alpha value is -4.13. The molecule has 0 amide bonds. The quantitative estimate of drug-likeness (QED) is 0.325. The summed E-state index contributed by atoms with van der Waals surface area (Å²) in [6.45, 7) is 5.95. The van der Waals surface area contributed by atoms with Crippen LogP contribution in [0.3, 0.4) is 0 Å². The molecule has 1 aromatic carbocycles. The number of nitrogens with zero attached hydrogens (tertiary/aromatic N) is 4. The molecular weight excluding hydrogens is 417 g/mol. The molecule has 0 aliphatic carbocycles. The number of benzene rings is 1. The zero-order valence-electron chi connectivity index (χ0n) is 18.5. The van der Waals surface area contributed by atoms with Crippen molar-refractivity contribution in [3.8, 4) is 22.4 Å². The van der Waals surface area contributed by atoms with Crippen molar-refractivity contribution >= 4 is 16.8 Å². The van der Waals surface area contributed by atoms with Crippen molar-refractivity contribution in [2.45, 2.75) is 26.8 Å². The monoisotopic (exact) mass is 439 g/mol. The van der Waals surface area contributed by atoms with E-state index in [1.54, 1.807) is 18.5 Å². The molecule has 5 rings (SSSR count). The summed E-state index contributed by atoms with van der Waals surface area (Å²) in [4.78, 5) is 17.3. The maximum Gasteiger partial charge on any atom is 0.212 e. The fourth-order valence-electron chi connectivity index (χ4n) is 3.81. The zero-order chi connectivity index (χ0) is 22.9. The largest absolute Gasteiger partial charge is 0.464 e. The van der Waals surface area contributed by atoms with Gasteiger partial charge < -0.3 is 9.73 Å². The van der Waals surface area contributed by atoms with Crippen LogP contribution in [-0.4, -0.2) is 19.9 Å². The minimum Gasteiger partial charge on any atom is -0.464 e. The van der Waals surface area contributed by atoms with Gasteiger partial charge in [-0.25, -0.2) is 15.0 Å². The maximum absolute atomic E-state index is 13.2. The maximum atomic E-state index is 13.2. The highest BCUT2D eigenvalue weighted by atomic mass is 19.1. The molecule has 33 heavy (non-hydrogen) atoms. The first kappa shape index (κ1) is 20.8. The van der Waals surface area contributed by atoms with Gasteiger partial charge >= 0.3 is 0 Å². The Morgan fingerprint density at radius 2 is 1.76 bits per heavy atom. The standard InChI is InChI=1S/C26H22FN5O/c1-15-14-33-24-6-4-18(9-22(15)24)23-10-26(32-17(3)31-23)30-16(2)20-8-21(12-28-11-20)19-5-7-25(27)29-13-19/h4-14,16H,1-3H3,(H,30,31,32)/t16-/m0/s1. The average molecular weight is 439 g/mol. The smallest absolute Gasteiger partial charge is 0.212 e. The van der Waals surface area contributed by atoms with Gasteiger partial charge in [0.05, 0.1) is 18.0 Å². The molecule has 1 N–H and O–H groups in total. The highest BCUT2D eigenvalue weighted by Crippen LogP contribution is 2.29. The number of furan rings is 1. The number of rotatable bonds is 5. The van der Waals surface area contributed by atoms with E-state index in [0.29, 0.717) is 5.82 Å². The van der Waals surface area contributed by atoms with Crippen LogP contribution in [0.5, 0.6) is 0 Å². The number of anilines is 1. The molecule has 0 fully saturated rings. The molecule has 0 spiro atoms. The number of halogens is 1. The zero-order valence-corrected chi connectivity index (χ0v) is 18.5. The van der Waals surface area contributed by atoms with Crippen LogP contribution in [-0.2, 0) is 0 Å². The lowest BCUT2D eigenvalue weighted by molar-refractivity contribution is 0.584. The summed E-state index contributed by atoms with van der Waals surface area (Å²) in [5.74, 6) is 0.897. The second-order valence-electron chi connectivity index (χ2n) is 8.06. The van der Waals surface area contributed by atoms with Crippen LogP contribution in [0.4, 0.5) is 10.2 Å². The predicted octanol–water partition coefficient (Wildman–Crippen LogP) is 6.28. The highest BCUT2D eigenvalue weighted by molar-refractivity contribution is 5.85. The summed E-state index contributed by atoms with van der Waals surface area (Å²) in [6, 6.07) is 13.0. The molecule has 4 aromatic heterocycles. The lowest BCUT2D eigenvalue weighted by Gasteiger charge is -2.16. The molecule has 6 nitrogen and oxygen atoms in total. The molecule has 0 saturated carbocycles. The van der Waals surface area contributed by atoms with Crippen LogP contribution in [0.1, 0.15) is 29.9 Å². The SMILES string of the molecule is Cc1nc(N[C@@H](C)c2cncc(-c3ccc(F)nc3)c2)cc(-c2ccc3occ(C)c3c2)n1. The van der Waals surface area contributed by atoms with Crippen molar-refractivity contribution in [2.75, 3.05) is 5.32 Å². The molecule has 0 saturated heterocycles. The first-order valence-electron chi connectivity index (χ1n) is 10.6. The van der Waals surface area contributed by atoms with Gasteiger partial charge in [-0.15, -0.1) is 0 Å². The minimum atomic E-state index is -0.505. The fraction of sp³-hybridized carbons (Fsp3) is 0.154. The summed E-state index contributed by atoms with van der Waals surface area (Å²) in [6.07, 6.45) is 6.82. The van der Waals surface area contributed by atoms with E-state index >= 15 is 0 Å². The van der Waals surface area contributed by atoms with Gasteiger partial charge in [0.15, 0.2) is 0 Å². The van der Waals surface area contributed by atoms with Crippen molar-refractivity contribution in [3.05, 3.63) is 90.2 Å². The Morgan fingerprint density at radius 3 is 2.58 bits per heavy atom. The molecule has 7 heteroatoms. The molecular formula is C26H22FN5O. The number of aryl methyl sites for hydroxylation is 2. The van der Waals surface area contributed by atoms with Gasteiger partial charge in [-0.2, -0.15) is 4.39 Å². The van der Waals surface area contributed by atoms with Gasteiger partial charge in [0, 0.05) is 46.7 Å². The molecule has 0 unspecified atom stereocenters. The van der Waals surface area contributed by atoms with Crippen molar-refractivity contribution in [3.63, 3.8) is 0 Å². The summed E-state index contributed by atoms with van der Waals surface area (Å²) in [5, 5.41) is 4.53. The van der Waals surface area contributed by atoms with Crippen molar-refractivity contribution in [2.24, 2.45) is 0 Å². The number of nitrogens with one attached hydrogen (secondary N) is 1. The minimum absolute atomic E-state index is 0.0633. The van der Waals surface area contributed by atoms with Crippen LogP contribution in [0.25, 0.3) is 33.4 Å². The summed E-state index contributed by atoms with van der Waals surface area (Å²) < 4.78 is 18.7. The van der Waals surface area contributed by atoms with Gasteiger partial charge in [-0.1, -0.05) is 0 Å². The van der Waals surface area contributed by atoms with Crippen LogP contribution in [0.2, 0.25) is 0 Å². The third-order valence-corrected chi connectivity index (χ3v) is 5.59. The molecule has 0 radical (unpaired) electrons. The Bertz CT molecular complexity index is 1450. The van der Waals surface area contributed by atoms with Crippen LogP contribution < -0.4 is 5.32 Å². The second kappa shape index (κ2) is 8.43. The Morgan fingerprint density at radius 1 is 0.909 bits per heavy atom. The lowest BCUT2D eigenvalue weighted by atomic mass is 10.0. The van der Waals surface area contributed by atoms with Gasteiger partial charge in [-0.05, 0) is 68.3 Å². The first-order chi connectivity index (χ1) is 16.0. The molecule has 164 valence electrons. The van der Waals surface area contributed by atoms with Gasteiger partial charge in [0.1, 0.15) is 17.2 Å². The van der Waals surface area contributed by atoms with Gasteiger partial charge in [0.2, 0.25) is 5.95 Å². The summed E-state index contributed by atoms with van der Waals surface area (Å²) in [7, 11) is 0. The van der Waals surface area contributed by atoms with Crippen LogP contribution >= 0.6 is 0 Å². The normalized spacial score (nSPS) is 12.1. The van der Waals surface area contributed by atoms with Crippen molar-refractivity contribution in [1.29, 1.82) is 0 Å². The van der Waals surface area contributed by atoms with Gasteiger partial charge in [0.25, 0.3) is 0 Å². The molecule has 1 atom stereocenters. The van der Waals surface area contributed by atoms with Crippen LogP contribution in [0, 0.1) is 19.8 Å². The highest BCUT2D eigenvalue weighted by Gasteiger charge is 2.12. The number of aromatic nitrogens is 4. The van der Waals surface area contributed by atoms with E-state index in [2.05, 4.69) is 31.3 Å². The lowest BCUT2D eigenvalue weighted by Crippen LogP contribution is -2.09. The average Bonchev–Trinajstić information content (AvgIpc) is 3.19. The Kier molecular flexibility index (Phi) is 5.30. The topological polar surface area (TPSA) is 76.7 Å². The molecule has 4 heterocycles. The van der Waals surface area contributed by atoms with E-state index < -0.39 is 5.95 Å². The Labute approximate surface area is 190 Å². The number of hydrogen-bond acceptors (Lipinski definition) is 6. The molecule has 0 aliphatic heterocycles. The van der Waals surface area contributed by atoms with E-state index in [1.807, 2.05) is 51.2 Å². The third kappa shape index (κ3) is 4.30. The van der Waals surface area contributed by atoms with Crippen molar-refractivity contribution < 1.29 is 8.81 Å². The third-order valence-electron chi connectivity index (χ3n) is 5.59. The molecule has 5 aromatic rings. The number of hydrogen-bond donors (Lipinski definition) is 1. The van der Waals surface area contributed by atoms with Crippen LogP contribution in [0.15, 0.2) is 71.7 Å². The van der Waals surface area contributed by atoms with Crippen molar-refractivity contribution in [1.82, 2.24) is 19.9 Å². The van der Waals surface area contributed by atoms with E-state index in [-0.39, 0.29) is 6.04 Å². The fourth-order valence-corrected chi connectivity index (χ4v) is 3.81. The van der Waals surface area contributed by atoms with E-state index in [1.165, 1.54) is 12.3 Å². The summed E-state index contributed by atoms with van der Waals surface area (Å²) >= 11 is 0.